The van der Waals surface area contributed by atoms with E-state index in [-0.39, 0.29) is 17.6 Å². The molecule has 3 rings (SSSR count). The lowest BCUT2D eigenvalue weighted by molar-refractivity contribution is -0.139. The summed E-state index contributed by atoms with van der Waals surface area (Å²) in [5.74, 6) is -0.344. The van der Waals surface area contributed by atoms with Gasteiger partial charge in [-0.25, -0.2) is 0 Å². The molecule has 0 aromatic heterocycles. The fourth-order valence-corrected chi connectivity index (χ4v) is 3.58. The van der Waals surface area contributed by atoms with Gasteiger partial charge >= 0.3 is 0 Å². The van der Waals surface area contributed by atoms with E-state index in [1.165, 1.54) is 0 Å². The van der Waals surface area contributed by atoms with Crippen molar-refractivity contribution < 1.29 is 9.59 Å². The molecule has 0 radical (unpaired) electrons. The van der Waals surface area contributed by atoms with Crippen LogP contribution in [0.4, 0.5) is 0 Å². The molecule has 0 bridgehead atoms. The van der Waals surface area contributed by atoms with E-state index in [1.54, 1.807) is 17.0 Å². The third kappa shape index (κ3) is 5.20. The van der Waals surface area contributed by atoms with Crippen LogP contribution in [0, 0.1) is 5.41 Å². The Hall–Kier alpha value is -3.19. The smallest absolute Gasteiger partial charge is 0.243 e. The van der Waals surface area contributed by atoms with Gasteiger partial charge in [0.05, 0.1) is 6.04 Å². The van der Waals surface area contributed by atoms with Crippen molar-refractivity contribution in [1.29, 1.82) is 5.41 Å². The molecule has 0 spiro atoms. The van der Waals surface area contributed by atoms with Crippen molar-refractivity contribution in [1.82, 2.24) is 10.2 Å². The zero-order valence-electron chi connectivity index (χ0n) is 16.3. The number of rotatable bonds is 7. The molecule has 2 aromatic rings. The maximum Gasteiger partial charge on any atom is 0.243 e. The summed E-state index contributed by atoms with van der Waals surface area (Å²) >= 11 is 0. The van der Waals surface area contributed by atoms with Crippen molar-refractivity contribution in [3.63, 3.8) is 0 Å². The van der Waals surface area contributed by atoms with E-state index in [2.05, 4.69) is 5.32 Å². The highest BCUT2D eigenvalue weighted by Gasteiger charge is 2.35. The van der Waals surface area contributed by atoms with Gasteiger partial charge in [-0.2, -0.15) is 0 Å². The molecule has 2 amide bonds. The standard InChI is InChI=1S/C22H27N5O2/c23-18(13-15-5-2-1-3-6-15)22(29)27-12-4-7-19(27)21(28)26-14-16-8-10-17(11-9-16)20(24)25/h1-3,5-6,8-11,18-19H,4,7,12-14,23H2,(H3,24,25)(H,26,28)/t18?,19-/m0/s1. The topological polar surface area (TPSA) is 125 Å². The zero-order valence-corrected chi connectivity index (χ0v) is 16.3. The van der Waals surface area contributed by atoms with Crippen molar-refractivity contribution in [2.45, 2.75) is 37.9 Å². The van der Waals surface area contributed by atoms with Crippen LogP contribution in [0.5, 0.6) is 0 Å². The number of carbonyl (C=O) groups excluding carboxylic acids is 2. The van der Waals surface area contributed by atoms with Gasteiger partial charge in [-0.15, -0.1) is 0 Å². The largest absolute Gasteiger partial charge is 0.384 e. The second-order valence-corrected chi connectivity index (χ2v) is 7.31. The fourth-order valence-electron chi connectivity index (χ4n) is 3.58. The zero-order chi connectivity index (χ0) is 20.8. The molecular formula is C22H27N5O2. The first kappa shape index (κ1) is 20.5. The van der Waals surface area contributed by atoms with Crippen LogP contribution in [-0.2, 0) is 22.6 Å². The number of amides is 2. The van der Waals surface area contributed by atoms with E-state index in [0.717, 1.165) is 17.5 Å². The minimum absolute atomic E-state index is 0.00698. The Balaban J connectivity index is 1.56. The molecule has 1 aliphatic heterocycles. The van der Waals surface area contributed by atoms with Crippen molar-refractivity contribution in [2.75, 3.05) is 6.54 Å². The maximum atomic E-state index is 12.8. The van der Waals surface area contributed by atoms with E-state index >= 15 is 0 Å². The average molecular weight is 393 g/mol. The molecule has 7 heteroatoms. The highest BCUT2D eigenvalue weighted by molar-refractivity contribution is 5.95. The molecule has 1 unspecified atom stereocenters. The molecule has 6 N–H and O–H groups in total. The fraction of sp³-hybridized carbons (Fsp3) is 0.318. The number of nitrogens with two attached hydrogens (primary N) is 2. The van der Waals surface area contributed by atoms with Crippen LogP contribution in [0.15, 0.2) is 54.6 Å². The molecule has 152 valence electrons. The summed E-state index contributed by atoms with van der Waals surface area (Å²) in [6, 6.07) is 15.6. The molecule has 1 fully saturated rings. The molecule has 1 aliphatic rings. The number of amidine groups is 1. The van der Waals surface area contributed by atoms with Crippen LogP contribution in [0.3, 0.4) is 0 Å². The number of nitrogens with one attached hydrogen (secondary N) is 2. The van der Waals surface area contributed by atoms with Gasteiger partial charge < -0.3 is 21.7 Å². The van der Waals surface area contributed by atoms with Crippen LogP contribution in [0.1, 0.15) is 29.5 Å². The lowest BCUT2D eigenvalue weighted by Gasteiger charge is -2.26. The Bertz CT molecular complexity index is 867. The van der Waals surface area contributed by atoms with Crippen LogP contribution >= 0.6 is 0 Å². The van der Waals surface area contributed by atoms with E-state index in [0.29, 0.717) is 31.5 Å². The summed E-state index contributed by atoms with van der Waals surface area (Å²) in [7, 11) is 0. The van der Waals surface area contributed by atoms with Gasteiger partial charge in [0.25, 0.3) is 0 Å². The number of hydrogen-bond acceptors (Lipinski definition) is 4. The second kappa shape index (κ2) is 9.34. The predicted octanol–water partition coefficient (Wildman–Crippen LogP) is 1.15. The Morgan fingerprint density at radius 1 is 1.10 bits per heavy atom. The lowest BCUT2D eigenvalue weighted by atomic mass is 10.1. The van der Waals surface area contributed by atoms with Gasteiger partial charge in [-0.05, 0) is 30.4 Å². The number of nitrogen functional groups attached to an aromatic ring is 1. The molecule has 7 nitrogen and oxygen atoms in total. The predicted molar refractivity (Wildman–Crippen MR) is 112 cm³/mol. The van der Waals surface area contributed by atoms with Gasteiger partial charge in [0.15, 0.2) is 0 Å². The van der Waals surface area contributed by atoms with Gasteiger partial charge in [0.2, 0.25) is 11.8 Å². The first-order chi connectivity index (χ1) is 14.0. The molecule has 1 saturated heterocycles. The van der Waals surface area contributed by atoms with E-state index < -0.39 is 12.1 Å². The second-order valence-electron chi connectivity index (χ2n) is 7.31. The van der Waals surface area contributed by atoms with E-state index in [1.807, 2.05) is 42.5 Å². The highest BCUT2D eigenvalue weighted by Crippen LogP contribution is 2.19. The van der Waals surface area contributed by atoms with Gasteiger partial charge in [-0.1, -0.05) is 54.6 Å². The monoisotopic (exact) mass is 393 g/mol. The number of hydrogen-bond donors (Lipinski definition) is 4. The average Bonchev–Trinajstić information content (AvgIpc) is 3.22. The van der Waals surface area contributed by atoms with Crippen LogP contribution in [-0.4, -0.2) is 41.2 Å². The summed E-state index contributed by atoms with van der Waals surface area (Å²) < 4.78 is 0. The minimum Gasteiger partial charge on any atom is -0.384 e. The van der Waals surface area contributed by atoms with Gasteiger partial charge in [0, 0.05) is 18.7 Å². The van der Waals surface area contributed by atoms with Crippen LogP contribution in [0.25, 0.3) is 0 Å². The van der Waals surface area contributed by atoms with Crippen molar-refractivity contribution >= 4 is 17.6 Å². The summed E-state index contributed by atoms with van der Waals surface area (Å²) in [6.07, 6.45) is 1.88. The summed E-state index contributed by atoms with van der Waals surface area (Å²) in [4.78, 5) is 27.1. The van der Waals surface area contributed by atoms with E-state index in [4.69, 9.17) is 16.9 Å². The third-order valence-electron chi connectivity index (χ3n) is 5.19. The first-order valence-corrected chi connectivity index (χ1v) is 9.76. The molecule has 2 atom stereocenters. The third-order valence-corrected chi connectivity index (χ3v) is 5.19. The molecule has 29 heavy (non-hydrogen) atoms. The van der Waals surface area contributed by atoms with Crippen molar-refractivity contribution in [3.05, 3.63) is 71.3 Å². The molecule has 0 aliphatic carbocycles. The molecular weight excluding hydrogens is 366 g/mol. The SMILES string of the molecule is N=C(N)c1ccc(CNC(=O)[C@@H]2CCCN2C(=O)C(N)Cc2ccccc2)cc1. The summed E-state index contributed by atoms with van der Waals surface area (Å²) in [5, 5.41) is 10.3. The highest BCUT2D eigenvalue weighted by atomic mass is 16.2. The number of carbonyl (C=O) groups is 2. The van der Waals surface area contributed by atoms with Crippen molar-refractivity contribution in [3.8, 4) is 0 Å². The minimum atomic E-state index is -0.662. The Labute approximate surface area is 170 Å². The Kier molecular flexibility index (Phi) is 6.61. The summed E-state index contributed by atoms with van der Waals surface area (Å²) in [5.41, 5.74) is 14.1. The van der Waals surface area contributed by atoms with Gasteiger partial charge in [0.1, 0.15) is 11.9 Å². The Morgan fingerprint density at radius 3 is 2.45 bits per heavy atom. The number of nitrogens with zero attached hydrogens (tertiary/aromatic N) is 1. The van der Waals surface area contributed by atoms with Crippen molar-refractivity contribution in [2.24, 2.45) is 11.5 Å². The van der Waals surface area contributed by atoms with E-state index in [9.17, 15) is 9.59 Å². The quantitative estimate of drug-likeness (QED) is 0.416. The van der Waals surface area contributed by atoms with Gasteiger partial charge in [-0.3, -0.25) is 15.0 Å². The van der Waals surface area contributed by atoms with Crippen LogP contribution in [0.2, 0.25) is 0 Å². The first-order valence-electron chi connectivity index (χ1n) is 9.76. The lowest BCUT2D eigenvalue weighted by Crippen LogP contribution is -2.51. The summed E-state index contributed by atoms with van der Waals surface area (Å²) in [6.45, 7) is 0.901. The van der Waals surface area contributed by atoms with Crippen LogP contribution < -0.4 is 16.8 Å². The molecule has 1 heterocycles. The molecule has 2 aromatic carbocycles. The maximum absolute atomic E-state index is 12.8. The number of likely N-dealkylation sites (tertiary alicyclic amines) is 1. The normalized spacial score (nSPS) is 17.0. The number of benzene rings is 2. The Morgan fingerprint density at radius 2 is 1.79 bits per heavy atom. The molecule has 0 saturated carbocycles.